The number of carbonyl (C=O) groups is 1. The van der Waals surface area contributed by atoms with Crippen molar-refractivity contribution in [3.05, 3.63) is 81.1 Å². The summed E-state index contributed by atoms with van der Waals surface area (Å²) >= 11 is 0. The van der Waals surface area contributed by atoms with E-state index in [1.165, 1.54) is 31.4 Å². The number of benzene rings is 2. The minimum Gasteiger partial charge on any atom is -0.493 e. The highest BCUT2D eigenvalue weighted by Gasteiger charge is 2.13. The highest BCUT2D eigenvalue weighted by Crippen LogP contribution is 2.30. The van der Waals surface area contributed by atoms with Crippen molar-refractivity contribution in [2.24, 2.45) is 0 Å². The summed E-state index contributed by atoms with van der Waals surface area (Å²) in [5.41, 5.74) is 1.16. The number of anilines is 1. The molecule has 1 N–H and O–H groups in total. The molecule has 0 saturated carbocycles. The normalized spacial score (nSPS) is 10.8. The summed E-state index contributed by atoms with van der Waals surface area (Å²) in [6.45, 7) is 1.85. The third-order valence-corrected chi connectivity index (χ3v) is 4.27. The smallest absolute Gasteiger partial charge is 0.269 e. The number of aromatic nitrogens is 1. The molecule has 0 fully saturated rings. The Kier molecular flexibility index (Phi) is 6.82. The number of nitro groups is 1. The summed E-state index contributed by atoms with van der Waals surface area (Å²) < 4.78 is 16.0. The van der Waals surface area contributed by atoms with Crippen LogP contribution in [0.4, 0.5) is 11.5 Å². The predicted octanol–water partition coefficient (Wildman–Crippen LogP) is 4.02. The number of amides is 1. The molecule has 10 nitrogen and oxygen atoms in total. The molecule has 10 heteroatoms. The van der Waals surface area contributed by atoms with E-state index in [2.05, 4.69) is 10.5 Å². The van der Waals surface area contributed by atoms with Crippen molar-refractivity contribution in [3.63, 3.8) is 0 Å². The Morgan fingerprint density at radius 3 is 2.59 bits per heavy atom. The third kappa shape index (κ3) is 5.48. The summed E-state index contributed by atoms with van der Waals surface area (Å²) in [5.74, 6) is 0.936. The number of nitrogens with zero attached hydrogens (tertiary/aromatic N) is 3. The Labute approximate surface area is 182 Å². The van der Waals surface area contributed by atoms with Gasteiger partial charge in [0.15, 0.2) is 17.3 Å². The lowest BCUT2D eigenvalue weighted by molar-refractivity contribution is -0.384. The minimum atomic E-state index is -0.627. The first kappa shape index (κ1) is 22.0. The summed E-state index contributed by atoms with van der Waals surface area (Å²) in [4.78, 5) is 22.6. The number of non-ortho nitro benzene ring substituents is 1. The Morgan fingerprint density at radius 2 is 2.00 bits per heavy atom. The monoisotopic (exact) mass is 434 g/mol. The predicted molar refractivity (Wildman–Crippen MR) is 114 cm³/mol. The molecule has 0 bridgehead atoms. The molecule has 0 aliphatic rings. The average molecular weight is 434 g/mol. The van der Waals surface area contributed by atoms with Crippen molar-refractivity contribution in [2.45, 2.75) is 13.5 Å². The third-order valence-electron chi connectivity index (χ3n) is 4.27. The van der Waals surface area contributed by atoms with Gasteiger partial charge in [-0.1, -0.05) is 11.2 Å². The van der Waals surface area contributed by atoms with Gasteiger partial charge >= 0.3 is 0 Å². The van der Waals surface area contributed by atoms with Gasteiger partial charge in [0.25, 0.3) is 11.6 Å². The van der Waals surface area contributed by atoms with Crippen LogP contribution in [0.25, 0.3) is 6.08 Å². The second-order valence-electron chi connectivity index (χ2n) is 6.57. The van der Waals surface area contributed by atoms with Crippen molar-refractivity contribution in [1.29, 1.82) is 5.26 Å². The lowest BCUT2D eigenvalue weighted by Gasteiger charge is -2.11. The highest BCUT2D eigenvalue weighted by atomic mass is 16.6. The molecule has 1 heterocycles. The van der Waals surface area contributed by atoms with Crippen LogP contribution in [0.2, 0.25) is 0 Å². The van der Waals surface area contributed by atoms with E-state index in [0.717, 1.165) is 5.56 Å². The number of hydrogen-bond donors (Lipinski definition) is 1. The van der Waals surface area contributed by atoms with Crippen LogP contribution in [0.3, 0.4) is 0 Å². The molecule has 0 aliphatic heterocycles. The zero-order chi connectivity index (χ0) is 23.1. The van der Waals surface area contributed by atoms with E-state index in [4.69, 9.17) is 14.0 Å². The van der Waals surface area contributed by atoms with Gasteiger partial charge in [0, 0.05) is 18.2 Å². The summed E-state index contributed by atoms with van der Waals surface area (Å²) in [6, 6.07) is 14.3. The molecule has 32 heavy (non-hydrogen) atoms. The van der Waals surface area contributed by atoms with Crippen LogP contribution in [-0.2, 0) is 11.4 Å². The van der Waals surface area contributed by atoms with E-state index in [1.54, 1.807) is 37.3 Å². The van der Waals surface area contributed by atoms with Crippen LogP contribution in [0.5, 0.6) is 11.5 Å². The number of hydrogen-bond acceptors (Lipinski definition) is 8. The van der Waals surface area contributed by atoms with Crippen molar-refractivity contribution in [1.82, 2.24) is 5.16 Å². The molecule has 1 aromatic heterocycles. The second-order valence-corrected chi connectivity index (χ2v) is 6.57. The fourth-order valence-electron chi connectivity index (χ4n) is 2.69. The molecule has 0 atom stereocenters. The molecular weight excluding hydrogens is 416 g/mol. The first-order valence-electron chi connectivity index (χ1n) is 9.30. The minimum absolute atomic E-state index is 0.00140. The van der Waals surface area contributed by atoms with Gasteiger partial charge in [-0.2, -0.15) is 5.26 Å². The van der Waals surface area contributed by atoms with Gasteiger partial charge in [-0.05, 0) is 48.4 Å². The van der Waals surface area contributed by atoms with Crippen LogP contribution in [0.15, 0.2) is 58.6 Å². The maximum atomic E-state index is 12.3. The standard InChI is InChI=1S/C22H18N4O6/c1-14-9-21(25-32-14)24-22(27)17(12-23)10-16-5-8-19(20(11-16)30-2)31-13-15-3-6-18(7-4-15)26(28)29/h3-11H,13H2,1-2H3,(H,24,25,27)/b17-10-. The largest absolute Gasteiger partial charge is 0.493 e. The molecule has 0 spiro atoms. The number of nitrogens with one attached hydrogen (secondary N) is 1. The molecule has 0 unspecified atom stereocenters. The summed E-state index contributed by atoms with van der Waals surface area (Å²) in [7, 11) is 1.46. The molecule has 1 amide bonds. The van der Waals surface area contributed by atoms with Crippen LogP contribution in [-0.4, -0.2) is 23.1 Å². The Morgan fingerprint density at radius 1 is 1.25 bits per heavy atom. The zero-order valence-electron chi connectivity index (χ0n) is 17.2. The Bertz CT molecular complexity index is 1210. The average Bonchev–Trinajstić information content (AvgIpc) is 3.20. The quantitative estimate of drug-likeness (QED) is 0.242. The molecule has 162 valence electrons. The SMILES string of the molecule is COc1cc(/C=C(/C#N)C(=O)Nc2cc(C)on2)ccc1OCc1ccc([N+](=O)[O-])cc1. The lowest BCUT2D eigenvalue weighted by Crippen LogP contribution is -2.13. The van der Waals surface area contributed by atoms with Crippen LogP contribution in [0.1, 0.15) is 16.9 Å². The van der Waals surface area contributed by atoms with E-state index in [1.807, 2.05) is 6.07 Å². The van der Waals surface area contributed by atoms with Gasteiger partial charge in [-0.3, -0.25) is 14.9 Å². The van der Waals surface area contributed by atoms with E-state index in [-0.39, 0.29) is 23.7 Å². The summed E-state index contributed by atoms with van der Waals surface area (Å²) in [6.07, 6.45) is 1.41. The number of aryl methyl sites for hydroxylation is 1. The number of methoxy groups -OCH3 is 1. The van der Waals surface area contributed by atoms with E-state index < -0.39 is 10.8 Å². The summed E-state index contributed by atoms with van der Waals surface area (Å²) in [5, 5.41) is 26.3. The molecule has 3 rings (SSSR count). The van der Waals surface area contributed by atoms with Gasteiger partial charge in [-0.25, -0.2) is 0 Å². The Hall–Kier alpha value is -4.65. The topological polar surface area (TPSA) is 141 Å². The van der Waals surface area contributed by atoms with Gasteiger partial charge < -0.3 is 19.3 Å². The van der Waals surface area contributed by atoms with Crippen LogP contribution < -0.4 is 14.8 Å². The molecular formula is C22H18N4O6. The van der Waals surface area contributed by atoms with Gasteiger partial charge in [0.2, 0.25) is 0 Å². The first-order valence-corrected chi connectivity index (χ1v) is 9.30. The van der Waals surface area contributed by atoms with Crippen molar-refractivity contribution in [3.8, 4) is 17.6 Å². The molecule has 0 radical (unpaired) electrons. The van der Waals surface area contributed by atoms with E-state index in [9.17, 15) is 20.2 Å². The number of rotatable bonds is 8. The zero-order valence-corrected chi connectivity index (χ0v) is 17.2. The van der Waals surface area contributed by atoms with Gasteiger partial charge in [-0.15, -0.1) is 0 Å². The maximum Gasteiger partial charge on any atom is 0.269 e. The van der Waals surface area contributed by atoms with Crippen molar-refractivity contribution >= 4 is 23.5 Å². The van der Waals surface area contributed by atoms with Gasteiger partial charge in [0.1, 0.15) is 24.0 Å². The Balaban J connectivity index is 1.72. The molecule has 3 aromatic rings. The van der Waals surface area contributed by atoms with Crippen molar-refractivity contribution in [2.75, 3.05) is 12.4 Å². The molecule has 0 saturated heterocycles. The highest BCUT2D eigenvalue weighted by molar-refractivity contribution is 6.09. The fourth-order valence-corrected chi connectivity index (χ4v) is 2.69. The van der Waals surface area contributed by atoms with Gasteiger partial charge in [0.05, 0.1) is 12.0 Å². The fraction of sp³-hybridized carbons (Fsp3) is 0.136. The maximum absolute atomic E-state index is 12.3. The molecule has 0 aliphatic carbocycles. The number of nitriles is 1. The first-order chi connectivity index (χ1) is 15.4. The van der Waals surface area contributed by atoms with E-state index in [0.29, 0.717) is 22.8 Å². The lowest BCUT2D eigenvalue weighted by atomic mass is 10.1. The number of nitro benzene ring substituents is 1. The van der Waals surface area contributed by atoms with Crippen molar-refractivity contribution < 1.29 is 23.7 Å². The number of ether oxygens (including phenoxy) is 2. The molecule has 2 aromatic carbocycles. The van der Waals surface area contributed by atoms with Crippen LogP contribution in [0, 0.1) is 28.4 Å². The van der Waals surface area contributed by atoms with E-state index >= 15 is 0 Å². The van der Waals surface area contributed by atoms with Crippen LogP contribution >= 0.6 is 0 Å². The number of carbonyl (C=O) groups excluding carboxylic acids is 1. The second kappa shape index (κ2) is 9.90.